The minimum atomic E-state index is 1.04. The van der Waals surface area contributed by atoms with Gasteiger partial charge in [-0.3, -0.25) is 0 Å². The van der Waals surface area contributed by atoms with Crippen LogP contribution in [0.15, 0.2) is 22.7 Å². The predicted octanol–water partition coefficient (Wildman–Crippen LogP) is 6.61. The van der Waals surface area contributed by atoms with E-state index in [-0.39, 0.29) is 0 Å². The Labute approximate surface area is 140 Å². The molecule has 1 aromatic carbocycles. The highest BCUT2D eigenvalue weighted by molar-refractivity contribution is 9.10. The molecule has 2 aromatic rings. The van der Waals surface area contributed by atoms with Gasteiger partial charge in [0, 0.05) is 11.0 Å². The number of nitrogens with zero attached hydrogens (tertiary/aromatic N) is 1. The number of rotatable bonds is 10. The van der Waals surface area contributed by atoms with E-state index >= 15 is 0 Å². The van der Waals surface area contributed by atoms with Crippen LogP contribution >= 0.6 is 27.3 Å². The fraction of sp³-hybridized carbons (Fsp3) is 0.588. The highest BCUT2D eigenvalue weighted by atomic mass is 79.9. The van der Waals surface area contributed by atoms with E-state index < -0.39 is 0 Å². The molecule has 1 aromatic heterocycles. The number of hydrogen-bond donors (Lipinski definition) is 1. The van der Waals surface area contributed by atoms with Gasteiger partial charge in [0.05, 0.1) is 10.2 Å². The van der Waals surface area contributed by atoms with Gasteiger partial charge in [-0.1, -0.05) is 79.1 Å². The van der Waals surface area contributed by atoms with Crippen LogP contribution in [-0.2, 0) is 0 Å². The van der Waals surface area contributed by atoms with Crippen LogP contribution < -0.4 is 5.32 Å². The Bertz CT molecular complexity index is 539. The van der Waals surface area contributed by atoms with Crippen LogP contribution in [0.3, 0.4) is 0 Å². The van der Waals surface area contributed by atoms with Crippen molar-refractivity contribution in [1.29, 1.82) is 0 Å². The first kappa shape index (κ1) is 16.8. The Hall–Kier alpha value is -0.610. The van der Waals surface area contributed by atoms with Crippen LogP contribution in [-0.4, -0.2) is 11.5 Å². The van der Waals surface area contributed by atoms with Gasteiger partial charge < -0.3 is 5.32 Å². The zero-order valence-electron chi connectivity index (χ0n) is 12.8. The van der Waals surface area contributed by atoms with Crippen molar-refractivity contribution in [3.8, 4) is 0 Å². The highest BCUT2D eigenvalue weighted by Gasteiger charge is 2.03. The maximum absolute atomic E-state index is 4.62. The largest absolute Gasteiger partial charge is 0.361 e. The molecule has 0 bridgehead atoms. The van der Waals surface area contributed by atoms with Crippen molar-refractivity contribution in [2.45, 2.75) is 58.3 Å². The third-order valence-electron chi connectivity index (χ3n) is 3.66. The van der Waals surface area contributed by atoms with E-state index in [0.29, 0.717) is 0 Å². The SMILES string of the molecule is CCCCCCCCCCNc1nc2cc(Br)ccc2s1. The molecule has 1 heterocycles. The van der Waals surface area contributed by atoms with Gasteiger partial charge in [0.1, 0.15) is 0 Å². The summed E-state index contributed by atoms with van der Waals surface area (Å²) in [5, 5.41) is 4.50. The number of fused-ring (bicyclic) bond motifs is 1. The lowest BCUT2D eigenvalue weighted by molar-refractivity contribution is 0.581. The fourth-order valence-electron chi connectivity index (χ4n) is 2.43. The second kappa shape index (κ2) is 9.42. The predicted molar refractivity (Wildman–Crippen MR) is 98.4 cm³/mol. The third kappa shape index (κ3) is 5.95. The molecule has 2 nitrogen and oxygen atoms in total. The number of hydrogen-bond acceptors (Lipinski definition) is 3. The maximum atomic E-state index is 4.62. The molecular weight excluding hydrogens is 344 g/mol. The standard InChI is InChI=1S/C17H25BrN2S/c1-2-3-4-5-6-7-8-9-12-19-17-20-15-13-14(18)10-11-16(15)21-17/h10-11,13H,2-9,12H2,1H3,(H,19,20). The minimum Gasteiger partial charge on any atom is -0.361 e. The Balaban J connectivity index is 1.59. The second-order valence-corrected chi connectivity index (χ2v) is 7.48. The molecule has 0 aliphatic carbocycles. The number of benzene rings is 1. The van der Waals surface area contributed by atoms with Crippen molar-refractivity contribution < 1.29 is 0 Å². The van der Waals surface area contributed by atoms with Gasteiger partial charge in [-0.2, -0.15) is 0 Å². The Kier molecular flexibility index (Phi) is 7.51. The molecule has 0 unspecified atom stereocenters. The number of aromatic nitrogens is 1. The molecule has 0 saturated heterocycles. The highest BCUT2D eigenvalue weighted by Crippen LogP contribution is 2.28. The van der Waals surface area contributed by atoms with Gasteiger partial charge in [-0.15, -0.1) is 0 Å². The number of halogens is 1. The Morgan fingerprint density at radius 3 is 2.52 bits per heavy atom. The van der Waals surface area contributed by atoms with E-state index in [9.17, 15) is 0 Å². The van der Waals surface area contributed by atoms with Crippen LogP contribution in [0.2, 0.25) is 0 Å². The molecule has 0 radical (unpaired) electrons. The average Bonchev–Trinajstić information content (AvgIpc) is 2.87. The molecule has 2 rings (SSSR count). The van der Waals surface area contributed by atoms with Gasteiger partial charge in [-0.25, -0.2) is 4.98 Å². The summed E-state index contributed by atoms with van der Waals surface area (Å²) in [5.74, 6) is 0. The van der Waals surface area contributed by atoms with Crippen LogP contribution in [0, 0.1) is 0 Å². The van der Waals surface area contributed by atoms with Gasteiger partial charge >= 0.3 is 0 Å². The van der Waals surface area contributed by atoms with Crippen molar-refractivity contribution >= 4 is 42.6 Å². The van der Waals surface area contributed by atoms with Crippen LogP contribution in [0.4, 0.5) is 5.13 Å². The summed E-state index contributed by atoms with van der Waals surface area (Å²) in [7, 11) is 0. The number of nitrogens with one attached hydrogen (secondary N) is 1. The van der Waals surface area contributed by atoms with Gasteiger partial charge in [-0.05, 0) is 24.6 Å². The Morgan fingerprint density at radius 2 is 1.76 bits per heavy atom. The first-order valence-electron chi connectivity index (χ1n) is 8.09. The van der Waals surface area contributed by atoms with E-state index in [0.717, 1.165) is 21.7 Å². The van der Waals surface area contributed by atoms with E-state index in [2.05, 4.69) is 51.4 Å². The minimum absolute atomic E-state index is 1.04. The monoisotopic (exact) mass is 368 g/mol. The molecule has 4 heteroatoms. The summed E-state index contributed by atoms with van der Waals surface area (Å²) in [6.45, 7) is 3.31. The maximum Gasteiger partial charge on any atom is 0.183 e. The van der Waals surface area contributed by atoms with Crippen LogP contribution in [0.1, 0.15) is 58.3 Å². The lowest BCUT2D eigenvalue weighted by Crippen LogP contribution is -2.00. The first-order valence-corrected chi connectivity index (χ1v) is 9.70. The van der Waals surface area contributed by atoms with Crippen molar-refractivity contribution in [2.75, 3.05) is 11.9 Å². The molecule has 21 heavy (non-hydrogen) atoms. The molecule has 0 saturated carbocycles. The lowest BCUT2D eigenvalue weighted by Gasteiger charge is -2.03. The number of anilines is 1. The van der Waals surface area contributed by atoms with Crippen molar-refractivity contribution in [2.24, 2.45) is 0 Å². The molecule has 0 aliphatic rings. The van der Waals surface area contributed by atoms with E-state index in [4.69, 9.17) is 0 Å². The van der Waals surface area contributed by atoms with Crippen LogP contribution in [0.25, 0.3) is 10.2 Å². The molecule has 0 aliphatic heterocycles. The molecule has 0 amide bonds. The summed E-state index contributed by atoms with van der Waals surface area (Å²) in [6.07, 6.45) is 10.9. The van der Waals surface area contributed by atoms with E-state index in [1.165, 1.54) is 56.1 Å². The quantitative estimate of drug-likeness (QED) is 0.477. The summed E-state index contributed by atoms with van der Waals surface area (Å²) < 4.78 is 2.34. The van der Waals surface area contributed by atoms with E-state index in [1.54, 1.807) is 11.3 Å². The number of unbranched alkanes of at least 4 members (excludes halogenated alkanes) is 7. The zero-order chi connectivity index (χ0) is 14.9. The average molecular weight is 369 g/mol. The van der Waals surface area contributed by atoms with Crippen molar-refractivity contribution in [3.63, 3.8) is 0 Å². The number of thiazole rings is 1. The summed E-state index contributed by atoms with van der Waals surface area (Å²) in [6, 6.07) is 6.27. The molecule has 0 spiro atoms. The topological polar surface area (TPSA) is 24.9 Å². The van der Waals surface area contributed by atoms with Gasteiger partial charge in [0.2, 0.25) is 0 Å². The molecule has 0 fully saturated rings. The zero-order valence-corrected chi connectivity index (χ0v) is 15.2. The van der Waals surface area contributed by atoms with Crippen LogP contribution in [0.5, 0.6) is 0 Å². The van der Waals surface area contributed by atoms with E-state index in [1.807, 2.05) is 0 Å². The first-order chi connectivity index (χ1) is 10.3. The lowest BCUT2D eigenvalue weighted by atomic mass is 10.1. The third-order valence-corrected chi connectivity index (χ3v) is 5.14. The molecule has 116 valence electrons. The summed E-state index contributed by atoms with van der Waals surface area (Å²) in [4.78, 5) is 4.62. The fourth-order valence-corrected chi connectivity index (χ4v) is 3.65. The van der Waals surface area contributed by atoms with Crippen molar-refractivity contribution in [3.05, 3.63) is 22.7 Å². The van der Waals surface area contributed by atoms with Crippen molar-refractivity contribution in [1.82, 2.24) is 4.98 Å². The summed E-state index contributed by atoms with van der Waals surface area (Å²) >= 11 is 5.23. The summed E-state index contributed by atoms with van der Waals surface area (Å²) in [5.41, 5.74) is 1.08. The smallest absolute Gasteiger partial charge is 0.183 e. The second-order valence-electron chi connectivity index (χ2n) is 5.53. The van der Waals surface area contributed by atoms with Gasteiger partial charge in [0.15, 0.2) is 5.13 Å². The molecule has 0 atom stereocenters. The molecular formula is C17H25BrN2S. The Morgan fingerprint density at radius 1 is 1.05 bits per heavy atom. The van der Waals surface area contributed by atoms with Gasteiger partial charge in [0.25, 0.3) is 0 Å². The molecule has 1 N–H and O–H groups in total. The normalized spacial score (nSPS) is 11.1.